The molecule has 0 radical (unpaired) electrons. The van der Waals surface area contributed by atoms with Gasteiger partial charge in [0, 0.05) is 23.6 Å². The molecule has 2 aromatic rings. The second-order valence-corrected chi connectivity index (χ2v) is 10.4. The predicted octanol–water partition coefficient (Wildman–Crippen LogP) is 4.91. The van der Waals surface area contributed by atoms with Gasteiger partial charge in [0.2, 0.25) is 12.1 Å². The highest BCUT2D eigenvalue weighted by molar-refractivity contribution is 6.01. The fraction of sp³-hybridized carbons (Fsp3) is 0.577. The molecule has 7 heteroatoms. The van der Waals surface area contributed by atoms with Gasteiger partial charge in [0.1, 0.15) is 11.3 Å². The van der Waals surface area contributed by atoms with Crippen LogP contribution >= 0.6 is 0 Å². The van der Waals surface area contributed by atoms with E-state index in [0.717, 1.165) is 31.1 Å². The number of esters is 1. The number of phenolic OH excluding ortho intramolecular Hbond substituents is 1. The lowest BCUT2D eigenvalue weighted by Gasteiger charge is -2.59. The minimum atomic E-state index is -0.886. The van der Waals surface area contributed by atoms with Crippen molar-refractivity contribution in [2.45, 2.75) is 70.4 Å². The van der Waals surface area contributed by atoms with E-state index < -0.39 is 29.9 Å². The number of benzene rings is 2. The highest BCUT2D eigenvalue weighted by atomic mass is 17.3. The largest absolute Gasteiger partial charge is 0.506 e. The van der Waals surface area contributed by atoms with Crippen molar-refractivity contribution in [1.29, 1.82) is 0 Å². The van der Waals surface area contributed by atoms with Gasteiger partial charge in [-0.1, -0.05) is 44.2 Å². The van der Waals surface area contributed by atoms with Crippen LogP contribution in [0, 0.1) is 23.7 Å². The van der Waals surface area contributed by atoms with Crippen molar-refractivity contribution in [2.75, 3.05) is 0 Å². The molecule has 7 nitrogen and oxygen atoms in total. The van der Waals surface area contributed by atoms with Gasteiger partial charge in [-0.3, -0.25) is 0 Å². The molecule has 8 atom stereocenters. The third kappa shape index (κ3) is 3.06. The lowest BCUT2D eigenvalue weighted by atomic mass is 9.58. The molecule has 4 saturated heterocycles. The minimum Gasteiger partial charge on any atom is -0.506 e. The van der Waals surface area contributed by atoms with E-state index in [9.17, 15) is 9.90 Å². The molecule has 1 spiro atoms. The number of carbonyl (C=O) groups excluding carboxylic acids is 1. The third-order valence-corrected chi connectivity index (χ3v) is 8.44. The standard InChI is InChI=1S/C26H30O7/c1-14-8-11-20-15(2)23(30-24-26(20)19(14)12-13-25(3,31-24)32-33-26)29-22(28)18-10-9-16-6-4-5-7-17(16)21(18)27/h4-7,9-10,14-15,19-20,23-24,27H,8,11-13H2,1-3H3/t14-,15-,19+,20+,23+,24-,25-,26-/m1/s1. The predicted molar refractivity (Wildman–Crippen MR) is 118 cm³/mol. The van der Waals surface area contributed by atoms with Crippen molar-refractivity contribution in [3.8, 4) is 5.75 Å². The van der Waals surface area contributed by atoms with Crippen molar-refractivity contribution < 1.29 is 33.9 Å². The molecule has 0 amide bonds. The molecule has 7 rings (SSSR count). The second kappa shape index (κ2) is 7.40. The summed E-state index contributed by atoms with van der Waals surface area (Å²) in [6.45, 7) is 6.16. The van der Waals surface area contributed by atoms with Crippen LogP contribution in [-0.2, 0) is 24.0 Å². The summed E-state index contributed by atoms with van der Waals surface area (Å²) >= 11 is 0. The number of ether oxygens (including phenoxy) is 3. The zero-order valence-corrected chi connectivity index (χ0v) is 19.2. The first-order valence-electron chi connectivity index (χ1n) is 11.9. The Kier molecular flexibility index (Phi) is 4.79. The molecule has 1 N–H and O–H groups in total. The number of aromatic hydroxyl groups is 1. The summed E-state index contributed by atoms with van der Waals surface area (Å²) in [4.78, 5) is 25.1. The molecule has 2 aromatic carbocycles. The Hall–Kier alpha value is -2.19. The molecule has 0 unspecified atom stereocenters. The van der Waals surface area contributed by atoms with E-state index in [1.165, 1.54) is 0 Å². The molecule has 33 heavy (non-hydrogen) atoms. The molecule has 2 bridgehead atoms. The van der Waals surface area contributed by atoms with Gasteiger partial charge in [0.05, 0.1) is 0 Å². The highest BCUT2D eigenvalue weighted by Crippen LogP contribution is 2.60. The average Bonchev–Trinajstić information content (AvgIpc) is 3.03. The molecule has 4 aliphatic heterocycles. The zero-order chi connectivity index (χ0) is 23.0. The van der Waals surface area contributed by atoms with Crippen LogP contribution < -0.4 is 0 Å². The van der Waals surface area contributed by atoms with Crippen LogP contribution in [0.2, 0.25) is 0 Å². The molecule has 0 aromatic heterocycles. The van der Waals surface area contributed by atoms with Gasteiger partial charge in [-0.2, -0.15) is 0 Å². The van der Waals surface area contributed by atoms with Crippen LogP contribution in [0.25, 0.3) is 10.8 Å². The molecule has 5 fully saturated rings. The normalized spacial score (nSPS) is 41.9. The average molecular weight is 455 g/mol. The quantitative estimate of drug-likeness (QED) is 0.510. The summed E-state index contributed by atoms with van der Waals surface area (Å²) in [5.41, 5.74) is -0.587. The highest BCUT2D eigenvalue weighted by Gasteiger charge is 2.69. The van der Waals surface area contributed by atoms with Crippen molar-refractivity contribution >= 4 is 16.7 Å². The van der Waals surface area contributed by atoms with Gasteiger partial charge in [0.25, 0.3) is 0 Å². The van der Waals surface area contributed by atoms with Crippen molar-refractivity contribution in [1.82, 2.24) is 0 Å². The Morgan fingerprint density at radius 2 is 1.88 bits per heavy atom. The fourth-order valence-corrected chi connectivity index (χ4v) is 6.60. The van der Waals surface area contributed by atoms with E-state index in [1.54, 1.807) is 18.2 Å². The van der Waals surface area contributed by atoms with Gasteiger partial charge in [-0.05, 0) is 49.5 Å². The van der Waals surface area contributed by atoms with Gasteiger partial charge < -0.3 is 19.3 Å². The molecular formula is C26H30O7. The van der Waals surface area contributed by atoms with E-state index in [1.807, 2.05) is 32.0 Å². The number of phenols is 1. The lowest BCUT2D eigenvalue weighted by molar-refractivity contribution is -0.576. The lowest BCUT2D eigenvalue weighted by Crippen LogP contribution is -2.70. The van der Waals surface area contributed by atoms with Crippen LogP contribution in [0.3, 0.4) is 0 Å². The number of hydrogen-bond acceptors (Lipinski definition) is 7. The Labute approximate surface area is 192 Å². The van der Waals surface area contributed by atoms with E-state index in [0.29, 0.717) is 11.3 Å². The Morgan fingerprint density at radius 1 is 1.06 bits per heavy atom. The SMILES string of the molecule is C[C@H]1[C@@H](OC(=O)c2ccc3ccccc3c2O)O[C@@H]2O[C@@]3(C)CC[C@H]4[C@H](C)CC[C@@H]1[C@@]24OO3. The summed E-state index contributed by atoms with van der Waals surface area (Å²) in [5.74, 6) is -0.952. The summed E-state index contributed by atoms with van der Waals surface area (Å²) in [7, 11) is 0. The molecule has 1 saturated carbocycles. The number of hydrogen-bond donors (Lipinski definition) is 1. The first-order chi connectivity index (χ1) is 15.8. The maximum absolute atomic E-state index is 13.1. The third-order valence-electron chi connectivity index (χ3n) is 8.44. The summed E-state index contributed by atoms with van der Waals surface area (Å²) in [6, 6.07) is 10.8. The molecule has 5 aliphatic rings. The van der Waals surface area contributed by atoms with Crippen LogP contribution in [0.15, 0.2) is 36.4 Å². The molecular weight excluding hydrogens is 424 g/mol. The topological polar surface area (TPSA) is 83.5 Å². The van der Waals surface area contributed by atoms with E-state index in [2.05, 4.69) is 6.92 Å². The second-order valence-electron chi connectivity index (χ2n) is 10.4. The van der Waals surface area contributed by atoms with E-state index in [4.69, 9.17) is 24.0 Å². The van der Waals surface area contributed by atoms with E-state index >= 15 is 0 Å². The number of rotatable bonds is 2. The number of fused-ring (bicyclic) bond motifs is 3. The Balaban J connectivity index is 1.31. The van der Waals surface area contributed by atoms with Crippen molar-refractivity contribution in [3.63, 3.8) is 0 Å². The van der Waals surface area contributed by atoms with Crippen LogP contribution in [0.1, 0.15) is 56.8 Å². The number of carbonyl (C=O) groups is 1. The first-order valence-corrected chi connectivity index (χ1v) is 11.9. The maximum Gasteiger partial charge on any atom is 0.344 e. The monoisotopic (exact) mass is 454 g/mol. The van der Waals surface area contributed by atoms with Crippen LogP contribution in [0.4, 0.5) is 0 Å². The van der Waals surface area contributed by atoms with Crippen LogP contribution in [0.5, 0.6) is 5.75 Å². The molecule has 1 aliphatic carbocycles. The van der Waals surface area contributed by atoms with Gasteiger partial charge in [0.15, 0.2) is 11.9 Å². The minimum absolute atomic E-state index is 0.0584. The van der Waals surface area contributed by atoms with E-state index in [-0.39, 0.29) is 29.1 Å². The van der Waals surface area contributed by atoms with Crippen LogP contribution in [-0.4, -0.2) is 35.0 Å². The maximum atomic E-state index is 13.1. The smallest absolute Gasteiger partial charge is 0.344 e. The van der Waals surface area contributed by atoms with Gasteiger partial charge >= 0.3 is 5.97 Å². The zero-order valence-electron chi connectivity index (χ0n) is 19.2. The fourth-order valence-electron chi connectivity index (χ4n) is 6.60. The Bertz CT molecular complexity index is 1100. The summed E-state index contributed by atoms with van der Waals surface area (Å²) in [6.07, 6.45) is 2.15. The first kappa shape index (κ1) is 21.4. The summed E-state index contributed by atoms with van der Waals surface area (Å²) in [5, 5.41) is 12.2. The van der Waals surface area contributed by atoms with Gasteiger partial charge in [-0.15, -0.1) is 0 Å². The Morgan fingerprint density at radius 3 is 2.73 bits per heavy atom. The van der Waals surface area contributed by atoms with Crippen molar-refractivity contribution in [2.24, 2.45) is 23.7 Å². The van der Waals surface area contributed by atoms with Gasteiger partial charge in [-0.25, -0.2) is 14.6 Å². The summed E-state index contributed by atoms with van der Waals surface area (Å²) < 4.78 is 18.5. The molecule has 4 heterocycles. The molecule has 176 valence electrons. The van der Waals surface area contributed by atoms with Crippen molar-refractivity contribution in [3.05, 3.63) is 42.0 Å².